The molecule has 0 aromatic rings. The van der Waals surface area contributed by atoms with Gasteiger partial charge in [0.15, 0.2) is 0 Å². The summed E-state index contributed by atoms with van der Waals surface area (Å²) in [6, 6.07) is 0. The van der Waals surface area contributed by atoms with Crippen molar-refractivity contribution < 1.29 is 0 Å². The van der Waals surface area contributed by atoms with Gasteiger partial charge in [-0.15, -0.1) is 11.7 Å². The monoisotopic (exact) mass is 118 g/mol. The van der Waals surface area contributed by atoms with Gasteiger partial charge in [-0.3, -0.25) is 0 Å². The third-order valence-corrected chi connectivity index (χ3v) is 0.920. The van der Waals surface area contributed by atoms with Crippen LogP contribution in [0.25, 0.3) is 0 Å². The standard InChI is InChI=1S/C4H6S2/c1-2-3-4-6-5/h2-5H,1H2. The maximum absolute atomic E-state index is 3.84. The zero-order valence-corrected chi connectivity index (χ0v) is 5.01. The van der Waals surface area contributed by atoms with Crippen LogP contribution < -0.4 is 0 Å². The zero-order chi connectivity index (χ0) is 4.83. The molecule has 0 aromatic carbocycles. The molecule has 6 heavy (non-hydrogen) atoms. The van der Waals surface area contributed by atoms with Gasteiger partial charge in [0.1, 0.15) is 0 Å². The molecule has 0 saturated carbocycles. The number of hydrogen-bond acceptors (Lipinski definition) is 2. The summed E-state index contributed by atoms with van der Waals surface area (Å²) in [6.07, 6.45) is 3.54. The number of hydrogen-bond donors (Lipinski definition) is 1. The number of allylic oxidation sites excluding steroid dienone is 2. The summed E-state index contributed by atoms with van der Waals surface area (Å²) < 4.78 is 0. The quantitative estimate of drug-likeness (QED) is 0.330. The highest BCUT2D eigenvalue weighted by molar-refractivity contribution is 8.69. The summed E-state index contributed by atoms with van der Waals surface area (Å²) in [7, 11) is 1.37. The first-order chi connectivity index (χ1) is 2.91. The lowest BCUT2D eigenvalue weighted by atomic mass is 10.6. The Morgan fingerprint density at radius 2 is 2.33 bits per heavy atom. The van der Waals surface area contributed by atoms with Gasteiger partial charge in [0.2, 0.25) is 0 Å². The van der Waals surface area contributed by atoms with Gasteiger partial charge in [-0.25, -0.2) is 0 Å². The fourth-order valence-corrected chi connectivity index (χ4v) is 0.483. The van der Waals surface area contributed by atoms with Crippen LogP contribution in [0.4, 0.5) is 0 Å². The van der Waals surface area contributed by atoms with Crippen LogP contribution >= 0.6 is 22.5 Å². The van der Waals surface area contributed by atoms with Crippen LogP contribution in [0.3, 0.4) is 0 Å². The van der Waals surface area contributed by atoms with Crippen molar-refractivity contribution in [2.45, 2.75) is 0 Å². The summed E-state index contributed by atoms with van der Waals surface area (Å²) >= 11 is 3.84. The normalized spacial score (nSPS) is 9.50. The maximum Gasteiger partial charge on any atom is -0.0184 e. The molecule has 0 atom stereocenters. The van der Waals surface area contributed by atoms with Gasteiger partial charge in [0, 0.05) is 0 Å². The Morgan fingerprint density at radius 3 is 2.50 bits per heavy atom. The van der Waals surface area contributed by atoms with Gasteiger partial charge in [0.05, 0.1) is 0 Å². The highest BCUT2D eigenvalue weighted by Gasteiger charge is 1.55. The van der Waals surface area contributed by atoms with Crippen molar-refractivity contribution in [3.63, 3.8) is 0 Å². The predicted octanol–water partition coefficient (Wildman–Crippen LogP) is 2.26. The first-order valence-electron chi connectivity index (χ1n) is 1.49. The molecule has 2 heteroatoms. The van der Waals surface area contributed by atoms with Gasteiger partial charge in [-0.1, -0.05) is 29.5 Å². The molecule has 0 bridgehead atoms. The van der Waals surface area contributed by atoms with E-state index in [1.54, 1.807) is 6.08 Å². The maximum atomic E-state index is 3.84. The first kappa shape index (κ1) is 6.18. The Kier molecular flexibility index (Phi) is 5.34. The van der Waals surface area contributed by atoms with E-state index >= 15 is 0 Å². The van der Waals surface area contributed by atoms with E-state index in [1.807, 2.05) is 11.5 Å². The second-order valence-electron chi connectivity index (χ2n) is 0.670. The fourth-order valence-electron chi connectivity index (χ4n) is 0.0907. The van der Waals surface area contributed by atoms with Crippen molar-refractivity contribution in [2.24, 2.45) is 0 Å². The van der Waals surface area contributed by atoms with Gasteiger partial charge >= 0.3 is 0 Å². The van der Waals surface area contributed by atoms with Gasteiger partial charge in [-0.05, 0) is 5.41 Å². The average molecular weight is 118 g/mol. The summed E-state index contributed by atoms with van der Waals surface area (Å²) in [5.74, 6) is 0. The van der Waals surface area contributed by atoms with E-state index in [9.17, 15) is 0 Å². The van der Waals surface area contributed by atoms with Crippen molar-refractivity contribution in [1.29, 1.82) is 0 Å². The molecular weight excluding hydrogens is 112 g/mol. The summed E-state index contributed by atoms with van der Waals surface area (Å²) in [5.41, 5.74) is 0. The van der Waals surface area contributed by atoms with E-state index in [2.05, 4.69) is 18.2 Å². The smallest absolute Gasteiger partial charge is 0.0184 e. The van der Waals surface area contributed by atoms with Crippen LogP contribution in [0.1, 0.15) is 0 Å². The van der Waals surface area contributed by atoms with Crippen molar-refractivity contribution in [1.82, 2.24) is 0 Å². The minimum atomic E-state index is 1.37. The minimum Gasteiger partial charge on any atom is -0.107 e. The molecule has 0 saturated heterocycles. The third-order valence-electron chi connectivity index (χ3n) is 0.276. The van der Waals surface area contributed by atoms with Crippen LogP contribution in [0, 0.1) is 0 Å². The van der Waals surface area contributed by atoms with Crippen LogP contribution in [0.15, 0.2) is 24.1 Å². The van der Waals surface area contributed by atoms with Crippen molar-refractivity contribution >= 4 is 22.5 Å². The molecule has 0 amide bonds. The van der Waals surface area contributed by atoms with Gasteiger partial charge < -0.3 is 0 Å². The molecular formula is C4H6S2. The van der Waals surface area contributed by atoms with Gasteiger partial charge in [0.25, 0.3) is 0 Å². The topological polar surface area (TPSA) is 0 Å². The largest absolute Gasteiger partial charge is 0.107 e. The second kappa shape index (κ2) is 5.18. The zero-order valence-electron chi connectivity index (χ0n) is 3.29. The fraction of sp³-hybridized carbons (Fsp3) is 0. The molecule has 0 fully saturated rings. The van der Waals surface area contributed by atoms with Crippen molar-refractivity contribution in [3.05, 3.63) is 24.1 Å². The summed E-state index contributed by atoms with van der Waals surface area (Å²) in [5, 5.41) is 1.84. The molecule has 0 nitrogen and oxygen atoms in total. The highest BCUT2D eigenvalue weighted by atomic mass is 33.1. The molecule has 0 aliphatic carbocycles. The van der Waals surface area contributed by atoms with Crippen LogP contribution in [0.2, 0.25) is 0 Å². The lowest BCUT2D eigenvalue weighted by Crippen LogP contribution is -1.33. The summed E-state index contributed by atoms with van der Waals surface area (Å²) in [6.45, 7) is 3.46. The third kappa shape index (κ3) is 4.18. The lowest BCUT2D eigenvalue weighted by Gasteiger charge is -1.67. The minimum absolute atomic E-state index is 1.37. The molecule has 0 unspecified atom stereocenters. The highest BCUT2D eigenvalue weighted by Crippen LogP contribution is 2.04. The van der Waals surface area contributed by atoms with Crippen molar-refractivity contribution in [2.75, 3.05) is 0 Å². The van der Waals surface area contributed by atoms with E-state index in [0.29, 0.717) is 0 Å². The molecule has 0 rings (SSSR count). The molecule has 0 heterocycles. The van der Waals surface area contributed by atoms with Crippen molar-refractivity contribution in [3.8, 4) is 0 Å². The molecule has 34 valence electrons. The van der Waals surface area contributed by atoms with Crippen LogP contribution in [-0.2, 0) is 0 Å². The molecule has 0 radical (unpaired) electrons. The number of rotatable bonds is 2. The Bertz CT molecular complexity index is 56.6. The average Bonchev–Trinajstić information content (AvgIpc) is 1.61. The van der Waals surface area contributed by atoms with Gasteiger partial charge in [-0.2, -0.15) is 0 Å². The number of thiol groups is 1. The Labute approximate surface area is 47.1 Å². The molecule has 0 aromatic heterocycles. The molecule has 0 aliphatic rings. The molecule has 0 N–H and O–H groups in total. The van der Waals surface area contributed by atoms with E-state index < -0.39 is 0 Å². The van der Waals surface area contributed by atoms with E-state index in [0.717, 1.165) is 0 Å². The Morgan fingerprint density at radius 1 is 1.67 bits per heavy atom. The SMILES string of the molecule is C=CC=CSS. The van der Waals surface area contributed by atoms with E-state index in [-0.39, 0.29) is 0 Å². The second-order valence-corrected chi connectivity index (χ2v) is 1.79. The predicted molar refractivity (Wildman–Crippen MR) is 35.9 cm³/mol. The molecule has 0 spiro atoms. The summed E-state index contributed by atoms with van der Waals surface area (Å²) in [4.78, 5) is 0. The Hall–Kier alpha value is 0.180. The Balaban J connectivity index is 2.94. The first-order valence-corrected chi connectivity index (χ1v) is 3.43. The van der Waals surface area contributed by atoms with E-state index in [1.165, 1.54) is 10.8 Å². The van der Waals surface area contributed by atoms with Crippen LogP contribution in [0.5, 0.6) is 0 Å². The van der Waals surface area contributed by atoms with Crippen LogP contribution in [-0.4, -0.2) is 0 Å². The lowest BCUT2D eigenvalue weighted by molar-refractivity contribution is 2.12. The molecule has 0 aliphatic heterocycles. The van der Waals surface area contributed by atoms with E-state index in [4.69, 9.17) is 0 Å².